The Hall–Kier alpha value is 0.860. The van der Waals surface area contributed by atoms with Gasteiger partial charge < -0.3 is 0 Å². The van der Waals surface area contributed by atoms with Crippen molar-refractivity contribution in [3.05, 3.63) is 0 Å². The van der Waals surface area contributed by atoms with Crippen LogP contribution in [0.5, 0.6) is 0 Å². The van der Waals surface area contributed by atoms with E-state index in [-0.39, 0.29) is 15.8 Å². The molecule has 2 heterocycles. The average molecular weight is 342 g/mol. The molecule has 2 saturated heterocycles. The normalized spacial score (nSPS) is 33.0. The Balaban J connectivity index is 2.16. The molecule has 2 heteroatoms. The van der Waals surface area contributed by atoms with E-state index in [1.807, 2.05) is 0 Å². The summed E-state index contributed by atoms with van der Waals surface area (Å²) < 4.78 is 0. The summed E-state index contributed by atoms with van der Waals surface area (Å²) in [5.74, 6) is 0. The molecule has 4 atom stereocenters. The van der Waals surface area contributed by atoms with Crippen LogP contribution < -0.4 is 0 Å². The van der Waals surface area contributed by atoms with Crippen LogP contribution in [0.4, 0.5) is 0 Å². The van der Waals surface area contributed by atoms with Crippen LogP contribution in [0, 0.1) is 0 Å². The summed E-state index contributed by atoms with van der Waals surface area (Å²) in [6.45, 7) is 15.2. The first kappa shape index (κ1) is 19.2. The summed E-state index contributed by atoms with van der Waals surface area (Å²) in [5, 5.41) is 1.50. The van der Waals surface area contributed by atoms with Gasteiger partial charge in [-0.1, -0.05) is 57.4 Å². The Morgan fingerprint density at radius 2 is 1.00 bits per heavy atom. The van der Waals surface area contributed by atoms with Gasteiger partial charge in [-0.2, -0.15) is 0 Å². The summed E-state index contributed by atoms with van der Waals surface area (Å²) in [6.07, 6.45) is 15.0. The SMILES string of the molecule is CCC1(CC)CCCP1C(C)C(C)P1CCCC1(CC)CC. The van der Waals surface area contributed by atoms with Gasteiger partial charge in [-0.05, 0) is 85.3 Å². The summed E-state index contributed by atoms with van der Waals surface area (Å²) in [7, 11) is 0.510. The summed E-state index contributed by atoms with van der Waals surface area (Å²) in [6, 6.07) is 0. The van der Waals surface area contributed by atoms with Crippen LogP contribution in [0.25, 0.3) is 0 Å². The fourth-order valence-electron chi connectivity index (χ4n) is 5.73. The van der Waals surface area contributed by atoms with E-state index in [1.54, 1.807) is 12.3 Å². The van der Waals surface area contributed by atoms with Gasteiger partial charge >= 0.3 is 0 Å². The molecule has 0 nitrogen and oxygen atoms in total. The topological polar surface area (TPSA) is 0 Å². The number of hydrogen-bond donors (Lipinski definition) is 0. The van der Waals surface area contributed by atoms with Crippen LogP contribution in [0.3, 0.4) is 0 Å². The molecule has 0 amide bonds. The van der Waals surface area contributed by atoms with Crippen LogP contribution >= 0.6 is 15.8 Å². The molecule has 2 aliphatic heterocycles. The maximum Gasteiger partial charge on any atom is -0.00969 e. The van der Waals surface area contributed by atoms with Gasteiger partial charge in [-0.15, -0.1) is 0 Å². The van der Waals surface area contributed by atoms with Crippen molar-refractivity contribution in [2.24, 2.45) is 0 Å². The Bertz CT molecular complexity index is 310. The summed E-state index contributed by atoms with van der Waals surface area (Å²) >= 11 is 0. The molecule has 0 aromatic heterocycles. The molecule has 0 saturated carbocycles. The molecule has 0 bridgehead atoms. The van der Waals surface area contributed by atoms with Crippen LogP contribution in [0.2, 0.25) is 0 Å². The van der Waals surface area contributed by atoms with E-state index in [1.165, 1.54) is 51.4 Å². The molecule has 0 N–H and O–H groups in total. The van der Waals surface area contributed by atoms with Crippen LogP contribution in [0.15, 0.2) is 0 Å². The highest BCUT2D eigenvalue weighted by Gasteiger charge is 2.48. The van der Waals surface area contributed by atoms with Crippen LogP contribution in [-0.4, -0.2) is 34.0 Å². The zero-order valence-electron chi connectivity index (χ0n) is 16.1. The first-order chi connectivity index (χ1) is 10.5. The predicted molar refractivity (Wildman–Crippen MR) is 108 cm³/mol. The van der Waals surface area contributed by atoms with Crippen molar-refractivity contribution in [2.75, 3.05) is 12.3 Å². The van der Waals surface area contributed by atoms with Crippen LogP contribution in [-0.2, 0) is 0 Å². The smallest absolute Gasteiger partial charge is 0.00969 e. The first-order valence-corrected chi connectivity index (χ1v) is 13.2. The third kappa shape index (κ3) is 3.18. The summed E-state index contributed by atoms with van der Waals surface area (Å²) in [4.78, 5) is 0. The lowest BCUT2D eigenvalue weighted by Gasteiger charge is -2.46. The molecular weight excluding hydrogens is 302 g/mol. The highest BCUT2D eigenvalue weighted by atomic mass is 31.1. The molecule has 4 unspecified atom stereocenters. The van der Waals surface area contributed by atoms with E-state index in [2.05, 4.69) is 41.5 Å². The maximum atomic E-state index is 2.67. The molecule has 0 radical (unpaired) electrons. The van der Waals surface area contributed by atoms with Gasteiger partial charge in [0.15, 0.2) is 0 Å². The van der Waals surface area contributed by atoms with Crippen molar-refractivity contribution in [1.82, 2.24) is 0 Å². The molecule has 0 aliphatic carbocycles. The number of rotatable bonds is 7. The van der Waals surface area contributed by atoms with Gasteiger partial charge in [0.25, 0.3) is 0 Å². The second kappa shape index (κ2) is 7.83. The van der Waals surface area contributed by atoms with Crippen molar-refractivity contribution < 1.29 is 0 Å². The largest absolute Gasteiger partial charge is 0.0968 e. The Kier molecular flexibility index (Phi) is 6.83. The molecule has 0 spiro atoms. The van der Waals surface area contributed by atoms with E-state index in [4.69, 9.17) is 0 Å². The van der Waals surface area contributed by atoms with Gasteiger partial charge in [0.05, 0.1) is 0 Å². The molecule has 2 rings (SSSR count). The third-order valence-electron chi connectivity index (χ3n) is 7.61. The zero-order valence-corrected chi connectivity index (χ0v) is 17.9. The highest BCUT2D eigenvalue weighted by molar-refractivity contribution is 7.64. The minimum Gasteiger partial charge on any atom is -0.0968 e. The minimum atomic E-state index is 0.255. The molecule has 22 heavy (non-hydrogen) atoms. The van der Waals surface area contributed by atoms with E-state index < -0.39 is 0 Å². The van der Waals surface area contributed by atoms with Crippen molar-refractivity contribution >= 4 is 15.8 Å². The first-order valence-electron chi connectivity index (χ1n) is 10.0. The Labute approximate surface area is 143 Å². The predicted octanol–water partition coefficient (Wildman–Crippen LogP) is 7.43. The molecule has 2 aliphatic rings. The van der Waals surface area contributed by atoms with E-state index in [0.29, 0.717) is 0 Å². The van der Waals surface area contributed by atoms with E-state index >= 15 is 0 Å². The lowest BCUT2D eigenvalue weighted by Crippen LogP contribution is -2.33. The number of hydrogen-bond acceptors (Lipinski definition) is 0. The van der Waals surface area contributed by atoms with Crippen molar-refractivity contribution in [3.63, 3.8) is 0 Å². The van der Waals surface area contributed by atoms with Gasteiger partial charge in [-0.3, -0.25) is 0 Å². The second-order valence-electron chi connectivity index (χ2n) is 7.94. The molecular formula is C20H40P2. The second-order valence-corrected chi connectivity index (χ2v) is 14.2. The van der Waals surface area contributed by atoms with E-state index in [9.17, 15) is 0 Å². The molecule has 0 aromatic carbocycles. The Morgan fingerprint density at radius 3 is 1.27 bits per heavy atom. The summed E-state index contributed by atoms with van der Waals surface area (Å²) in [5.41, 5.74) is 2.03. The van der Waals surface area contributed by atoms with Gasteiger partial charge in [-0.25, -0.2) is 0 Å². The molecule has 130 valence electrons. The van der Waals surface area contributed by atoms with Gasteiger partial charge in [0.2, 0.25) is 0 Å². The Morgan fingerprint density at radius 1 is 0.682 bits per heavy atom. The van der Waals surface area contributed by atoms with Crippen molar-refractivity contribution in [2.45, 2.75) is 115 Å². The fourth-order valence-corrected chi connectivity index (χ4v) is 14.7. The van der Waals surface area contributed by atoms with Crippen molar-refractivity contribution in [3.8, 4) is 0 Å². The standard InChI is InChI=1S/C20H40P2/c1-7-19(8-2)13-11-15-21(19)17(5)18(6)22-16-12-14-20(22,9-3)10-4/h17-18H,7-16H2,1-6H3. The zero-order chi connectivity index (χ0) is 16.4. The average Bonchev–Trinajstić information content (AvgIpc) is 3.17. The van der Waals surface area contributed by atoms with Crippen LogP contribution in [0.1, 0.15) is 92.9 Å². The highest BCUT2D eigenvalue weighted by Crippen LogP contribution is 2.71. The lowest BCUT2D eigenvalue weighted by atomic mass is 9.97. The monoisotopic (exact) mass is 342 g/mol. The fraction of sp³-hybridized carbons (Fsp3) is 1.00. The van der Waals surface area contributed by atoms with Crippen molar-refractivity contribution in [1.29, 1.82) is 0 Å². The quantitative estimate of drug-likeness (QED) is 0.422. The third-order valence-corrected chi connectivity index (χ3v) is 16.5. The van der Waals surface area contributed by atoms with Gasteiger partial charge in [0, 0.05) is 0 Å². The molecule has 0 aromatic rings. The van der Waals surface area contributed by atoms with E-state index in [0.717, 1.165) is 21.6 Å². The van der Waals surface area contributed by atoms with Gasteiger partial charge in [0.1, 0.15) is 0 Å². The molecule has 2 fully saturated rings. The maximum absolute atomic E-state index is 2.67. The lowest BCUT2D eigenvalue weighted by molar-refractivity contribution is 0.510. The minimum absolute atomic E-state index is 0.255.